The minimum Gasteiger partial charge on any atom is -0.480 e. The lowest BCUT2D eigenvalue weighted by atomic mass is 10.0. The first-order valence-corrected chi connectivity index (χ1v) is 7.35. The van der Waals surface area contributed by atoms with Crippen LogP contribution in [0.2, 0.25) is 0 Å². The van der Waals surface area contributed by atoms with E-state index in [4.69, 9.17) is 10.8 Å². The number of carbonyl (C=O) groups is 1. The van der Waals surface area contributed by atoms with Crippen molar-refractivity contribution in [2.24, 2.45) is 5.73 Å². The molecule has 1 aliphatic carbocycles. The van der Waals surface area contributed by atoms with Crippen molar-refractivity contribution in [1.82, 2.24) is 14.7 Å². The number of hydrogen-bond donors (Lipinski definition) is 2. The molecular formula is C14H22N4O2. The molecule has 1 aliphatic heterocycles. The molecule has 20 heavy (non-hydrogen) atoms. The molecule has 0 spiro atoms. The van der Waals surface area contributed by atoms with Gasteiger partial charge in [0.05, 0.1) is 11.7 Å². The van der Waals surface area contributed by atoms with E-state index in [1.54, 1.807) is 0 Å². The summed E-state index contributed by atoms with van der Waals surface area (Å²) in [4.78, 5) is 13.2. The second-order valence-electron chi connectivity index (χ2n) is 6.15. The fraction of sp³-hybridized carbons (Fsp3) is 0.714. The van der Waals surface area contributed by atoms with Crippen LogP contribution in [0, 0.1) is 0 Å². The lowest BCUT2D eigenvalue weighted by molar-refractivity contribution is -0.142. The predicted molar refractivity (Wildman–Crippen MR) is 74.2 cm³/mol. The lowest BCUT2D eigenvalue weighted by Crippen LogP contribution is -2.50. The van der Waals surface area contributed by atoms with Crippen molar-refractivity contribution in [3.05, 3.63) is 18.0 Å². The normalized spacial score (nSPS) is 28.2. The van der Waals surface area contributed by atoms with Crippen LogP contribution in [0.25, 0.3) is 0 Å². The molecular weight excluding hydrogens is 256 g/mol. The molecule has 3 rings (SSSR count). The van der Waals surface area contributed by atoms with E-state index in [0.29, 0.717) is 25.6 Å². The third-order valence-electron chi connectivity index (χ3n) is 4.55. The average molecular weight is 278 g/mol. The number of nitrogens with two attached hydrogens (primary N) is 1. The second-order valence-corrected chi connectivity index (χ2v) is 6.15. The number of carboxylic acid groups (broad SMARTS) is 1. The van der Waals surface area contributed by atoms with Crippen molar-refractivity contribution in [1.29, 1.82) is 0 Å². The molecule has 2 fully saturated rings. The van der Waals surface area contributed by atoms with Crippen molar-refractivity contribution in [2.45, 2.75) is 50.2 Å². The molecule has 0 aromatic carbocycles. The molecule has 0 amide bonds. The Balaban J connectivity index is 1.60. The Morgan fingerprint density at radius 3 is 2.90 bits per heavy atom. The molecule has 6 heteroatoms. The van der Waals surface area contributed by atoms with Gasteiger partial charge in [-0.15, -0.1) is 0 Å². The minimum atomic E-state index is -1.09. The van der Waals surface area contributed by atoms with E-state index in [0.717, 1.165) is 12.2 Å². The summed E-state index contributed by atoms with van der Waals surface area (Å²) in [5.41, 5.74) is 5.80. The molecule has 6 nitrogen and oxygen atoms in total. The second kappa shape index (κ2) is 5.18. The third-order valence-corrected chi connectivity index (χ3v) is 4.55. The van der Waals surface area contributed by atoms with Crippen LogP contribution >= 0.6 is 0 Å². The molecule has 1 aromatic heterocycles. The Bertz CT molecular complexity index is 495. The van der Waals surface area contributed by atoms with Crippen molar-refractivity contribution in [3.8, 4) is 0 Å². The molecule has 1 saturated carbocycles. The maximum atomic E-state index is 11.1. The first kappa shape index (κ1) is 13.6. The SMILES string of the molecule is NC1(C(=O)O)CCN(Cc2ccn(C3CCCC3)n2)C1. The van der Waals surface area contributed by atoms with Crippen molar-refractivity contribution in [3.63, 3.8) is 0 Å². The Morgan fingerprint density at radius 2 is 2.25 bits per heavy atom. The first-order valence-electron chi connectivity index (χ1n) is 7.35. The van der Waals surface area contributed by atoms with Gasteiger partial charge in [0, 0.05) is 25.8 Å². The fourth-order valence-electron chi connectivity index (χ4n) is 3.29. The van der Waals surface area contributed by atoms with Crippen LogP contribution in [0.15, 0.2) is 12.3 Å². The Labute approximate surface area is 118 Å². The largest absolute Gasteiger partial charge is 0.480 e. The zero-order valence-electron chi connectivity index (χ0n) is 11.7. The quantitative estimate of drug-likeness (QED) is 0.858. The highest BCUT2D eigenvalue weighted by Gasteiger charge is 2.41. The zero-order chi connectivity index (χ0) is 14.2. The van der Waals surface area contributed by atoms with Gasteiger partial charge in [-0.25, -0.2) is 0 Å². The van der Waals surface area contributed by atoms with E-state index < -0.39 is 11.5 Å². The summed E-state index contributed by atoms with van der Waals surface area (Å²) in [7, 11) is 0. The number of likely N-dealkylation sites (tertiary alicyclic amines) is 1. The summed E-state index contributed by atoms with van der Waals surface area (Å²) in [5, 5.41) is 13.8. The topological polar surface area (TPSA) is 84.4 Å². The van der Waals surface area contributed by atoms with Crippen LogP contribution in [0.1, 0.15) is 43.8 Å². The van der Waals surface area contributed by atoms with Gasteiger partial charge in [-0.05, 0) is 25.3 Å². The molecule has 110 valence electrons. The number of aromatic nitrogens is 2. The Kier molecular flexibility index (Phi) is 3.52. The maximum Gasteiger partial charge on any atom is 0.325 e. The van der Waals surface area contributed by atoms with Crippen molar-refractivity contribution in [2.75, 3.05) is 13.1 Å². The summed E-state index contributed by atoms with van der Waals surface area (Å²) in [6.07, 6.45) is 7.58. The molecule has 3 N–H and O–H groups in total. The highest BCUT2D eigenvalue weighted by atomic mass is 16.4. The number of carboxylic acids is 1. The lowest BCUT2D eigenvalue weighted by Gasteiger charge is -2.19. The van der Waals surface area contributed by atoms with Gasteiger partial charge in [-0.2, -0.15) is 5.10 Å². The highest BCUT2D eigenvalue weighted by Crippen LogP contribution is 2.29. The van der Waals surface area contributed by atoms with E-state index in [2.05, 4.69) is 14.7 Å². The Hall–Kier alpha value is -1.40. The van der Waals surface area contributed by atoms with E-state index in [1.165, 1.54) is 25.7 Å². The predicted octanol–water partition coefficient (Wildman–Crippen LogP) is 0.986. The van der Waals surface area contributed by atoms with Gasteiger partial charge >= 0.3 is 5.97 Å². The number of aliphatic carboxylic acids is 1. The standard InChI is InChI=1S/C14H22N4O2/c15-14(13(19)20)6-8-17(10-14)9-11-5-7-18(16-11)12-3-1-2-4-12/h5,7,12H,1-4,6,8-10,15H2,(H,19,20). The summed E-state index contributed by atoms with van der Waals surface area (Å²) in [6, 6.07) is 2.59. The monoisotopic (exact) mass is 278 g/mol. The molecule has 1 aromatic rings. The van der Waals surface area contributed by atoms with E-state index in [9.17, 15) is 4.79 Å². The van der Waals surface area contributed by atoms with Gasteiger partial charge in [0.15, 0.2) is 0 Å². The molecule has 0 bridgehead atoms. The summed E-state index contributed by atoms with van der Waals surface area (Å²) in [5.74, 6) is -0.906. The van der Waals surface area contributed by atoms with Gasteiger partial charge in [0.2, 0.25) is 0 Å². The Morgan fingerprint density at radius 1 is 1.50 bits per heavy atom. The number of nitrogens with zero attached hydrogens (tertiary/aromatic N) is 3. The molecule has 1 unspecified atom stereocenters. The third kappa shape index (κ3) is 2.58. The van der Waals surface area contributed by atoms with Crippen molar-refractivity contribution >= 4 is 5.97 Å². The van der Waals surface area contributed by atoms with Crippen LogP contribution < -0.4 is 5.73 Å². The van der Waals surface area contributed by atoms with Gasteiger partial charge in [0.1, 0.15) is 5.54 Å². The molecule has 2 aliphatic rings. The number of rotatable bonds is 4. The van der Waals surface area contributed by atoms with Crippen LogP contribution in [0.3, 0.4) is 0 Å². The summed E-state index contributed by atoms with van der Waals surface area (Å²) in [6.45, 7) is 1.81. The minimum absolute atomic E-state index is 0.401. The van der Waals surface area contributed by atoms with Crippen LogP contribution in [-0.2, 0) is 11.3 Å². The van der Waals surface area contributed by atoms with E-state index in [-0.39, 0.29) is 0 Å². The average Bonchev–Trinajstić information content (AvgIpc) is 3.10. The van der Waals surface area contributed by atoms with Crippen LogP contribution in [0.5, 0.6) is 0 Å². The molecule has 2 heterocycles. The van der Waals surface area contributed by atoms with E-state index >= 15 is 0 Å². The zero-order valence-corrected chi connectivity index (χ0v) is 11.7. The fourth-order valence-corrected chi connectivity index (χ4v) is 3.29. The van der Waals surface area contributed by atoms with Gasteiger partial charge in [0.25, 0.3) is 0 Å². The highest BCUT2D eigenvalue weighted by molar-refractivity contribution is 5.79. The first-order chi connectivity index (χ1) is 9.57. The van der Waals surface area contributed by atoms with Gasteiger partial charge < -0.3 is 10.8 Å². The summed E-state index contributed by atoms with van der Waals surface area (Å²) >= 11 is 0. The van der Waals surface area contributed by atoms with Crippen LogP contribution in [-0.4, -0.2) is 44.4 Å². The van der Waals surface area contributed by atoms with Gasteiger partial charge in [-0.3, -0.25) is 14.4 Å². The molecule has 1 saturated heterocycles. The smallest absolute Gasteiger partial charge is 0.325 e. The van der Waals surface area contributed by atoms with Gasteiger partial charge in [-0.1, -0.05) is 12.8 Å². The van der Waals surface area contributed by atoms with Crippen LogP contribution in [0.4, 0.5) is 0 Å². The van der Waals surface area contributed by atoms with E-state index in [1.807, 2.05) is 12.3 Å². The maximum absolute atomic E-state index is 11.1. The van der Waals surface area contributed by atoms with Crippen molar-refractivity contribution < 1.29 is 9.90 Å². The molecule has 1 atom stereocenters. The number of hydrogen-bond acceptors (Lipinski definition) is 4. The molecule has 0 radical (unpaired) electrons. The summed E-state index contributed by atoms with van der Waals surface area (Å²) < 4.78 is 2.07.